The summed E-state index contributed by atoms with van der Waals surface area (Å²) < 4.78 is 9.31. The van der Waals surface area contributed by atoms with Crippen LogP contribution in [0.4, 0.5) is 28.4 Å². The van der Waals surface area contributed by atoms with Crippen molar-refractivity contribution in [1.82, 2.24) is 0 Å². The Morgan fingerprint density at radius 3 is 0.892 bits per heavy atom. The van der Waals surface area contributed by atoms with Crippen LogP contribution in [-0.2, 0) is 19.1 Å². The standard InChI is InChI=1S/C23H16N2O3.C23H17NO2.C12H9NO4.C12H11N.C12H10O3.C11H8O3.2C2H4O2.5C2H6.2HNO2.2Na/c26-21-14-13-18-19(22(21)25-28)7-4-8-20(18)23(27)24-17-11-9-16(10-12-17)15-5-2-1-3-6-15;25-20-13-14-21-18(15-20)7-4-8-22(21)23(26)24-19-11-9-17(10-12-19)16-5-2-1-3-6-16;1-17-12(15)9-4-2-3-8-7(9)5-6-10(14)11(8)13-16;13-12-8-6-11(7-9-12)10-4-2-1-3-5-10;1-15-12(14)11-4-2-3-8-7-9(13)5-6-10(8)11;12-10-6-2-3-7-8(10)4-1-5-9(7)11(13)14;2*1-2(3)4;5*1-2;2*2-1-3;;/h1-14,26H,(H,24,27);1-15,25H,(H,24,26);2-6,14H,1H3;1-9H,13H2;2-7,13H,1H3;1-6,12H,(H,13,14);2*1H3,(H,3,4);5*1-2H3;2*(H,2,3);;/q;;;;;;;;;;;;;;;2*+1/p-2. The monoisotopic (exact) mass is 1910 g/mol. The van der Waals surface area contributed by atoms with Gasteiger partial charge in [0.2, 0.25) is 0 Å². The first-order valence-corrected chi connectivity index (χ1v) is 42.5. The van der Waals surface area contributed by atoms with Crippen LogP contribution in [0.1, 0.15) is 135 Å². The number of carbonyl (C=O) groups excluding carboxylic acids is 4. The fourth-order valence-electron chi connectivity index (χ4n) is 12.3. The fourth-order valence-corrected chi connectivity index (χ4v) is 12.3. The molecule has 0 fully saturated rings. The summed E-state index contributed by atoms with van der Waals surface area (Å²) in [7, 11) is 2.63. The summed E-state index contributed by atoms with van der Waals surface area (Å²) in [5, 5.41) is 107. The van der Waals surface area contributed by atoms with E-state index in [9.17, 15) is 59.3 Å². The van der Waals surface area contributed by atoms with Crippen LogP contribution in [0.25, 0.3) is 87.2 Å². The molecule has 712 valence electrons. The van der Waals surface area contributed by atoms with Crippen molar-refractivity contribution in [3.8, 4) is 62.1 Å². The number of hydrogen-bond acceptors (Lipinski definition) is 25. The van der Waals surface area contributed by atoms with E-state index in [2.05, 4.69) is 54.7 Å². The van der Waals surface area contributed by atoms with Gasteiger partial charge in [0.15, 0.2) is 11.4 Å². The van der Waals surface area contributed by atoms with E-state index in [1.54, 1.807) is 127 Å². The van der Waals surface area contributed by atoms with Crippen molar-refractivity contribution in [3.05, 3.63) is 392 Å². The van der Waals surface area contributed by atoms with E-state index in [0.717, 1.165) is 79.7 Å². The number of nitroso groups, excluding NO2 is 2. The van der Waals surface area contributed by atoms with Gasteiger partial charge in [-0.15, -0.1) is 20.5 Å². The van der Waals surface area contributed by atoms with E-state index >= 15 is 0 Å². The molecule has 0 saturated heterocycles. The molecule has 0 unspecified atom stereocenters. The Labute approximate surface area is 848 Å². The van der Waals surface area contributed by atoms with Crippen molar-refractivity contribution in [3.63, 3.8) is 0 Å². The zero-order chi connectivity index (χ0) is 102. The number of esters is 2. The number of phenols is 5. The Morgan fingerprint density at radius 1 is 0.295 bits per heavy atom. The Kier molecular flexibility index (Phi) is 60.9. The third kappa shape index (κ3) is 39.8. The minimum absolute atomic E-state index is 0. The fraction of sp³-hybridized carbons (Fsp3) is 0.131. The number of benzene rings is 16. The number of phenolic OH excluding ortho intramolecular Hbond substituents is 5. The molecule has 0 aliphatic carbocycles. The quantitative estimate of drug-likeness (QED) is 0.0178. The minimum atomic E-state index is -0.985. The molecule has 0 bridgehead atoms. The van der Waals surface area contributed by atoms with Gasteiger partial charge in [0.1, 0.15) is 28.7 Å². The van der Waals surface area contributed by atoms with Crippen LogP contribution in [0.15, 0.2) is 355 Å². The molecule has 0 spiro atoms. The van der Waals surface area contributed by atoms with E-state index in [4.69, 9.17) is 50.9 Å². The number of ether oxygens (including phenoxy) is 2. The number of nitrogens with one attached hydrogen (secondary N) is 2. The van der Waals surface area contributed by atoms with Crippen molar-refractivity contribution in [2.45, 2.75) is 83.1 Å². The summed E-state index contributed by atoms with van der Waals surface area (Å²) in [4.78, 5) is 115. The number of methoxy groups -OCH3 is 2. The molecule has 0 heterocycles. The van der Waals surface area contributed by atoms with Crippen LogP contribution in [0.3, 0.4) is 0 Å². The number of fused-ring (bicyclic) bond motifs is 5. The van der Waals surface area contributed by atoms with Crippen LogP contribution in [-0.4, -0.2) is 96.7 Å². The van der Waals surface area contributed by atoms with Gasteiger partial charge in [-0.3, -0.25) is 19.2 Å². The van der Waals surface area contributed by atoms with Gasteiger partial charge in [-0.25, -0.2) is 14.4 Å². The van der Waals surface area contributed by atoms with Gasteiger partial charge in [0.25, 0.3) is 23.8 Å². The van der Waals surface area contributed by atoms with E-state index in [-0.39, 0.29) is 123 Å². The van der Waals surface area contributed by atoms with Crippen molar-refractivity contribution in [2.75, 3.05) is 30.6 Å². The molecule has 2 amide bonds. The smallest absolute Gasteiger partial charge is 0.508 e. The van der Waals surface area contributed by atoms with Crippen LogP contribution < -0.4 is 75.5 Å². The van der Waals surface area contributed by atoms with Crippen molar-refractivity contribution in [1.29, 1.82) is 0 Å². The van der Waals surface area contributed by atoms with Crippen LogP contribution in [0, 0.1) is 30.0 Å². The number of aromatic carboxylic acids is 1. The summed E-state index contributed by atoms with van der Waals surface area (Å²) in [5.41, 5.74) is 16.5. The molecule has 30 nitrogen and oxygen atoms in total. The normalized spacial score (nSPS) is 9.17. The van der Waals surface area contributed by atoms with Gasteiger partial charge in [0.05, 0.1) is 30.9 Å². The Balaban J connectivity index is 0.00000159. The molecule has 12 N–H and O–H groups in total. The molecule has 0 atom stereocenters. The SMILES string of the molecule is CC.CC.CC.CC.CC.CC(=O)O.CC(=O)O.COC(=O)c1cccc2c(N=O)c(O)ccc12.COC(=O)c1cccc2cc(O)ccc12.Nc1ccc(-c2ccccc2)cc1.O=C(Nc1ccc(-c2ccccc2)cc1)c1cccc2cc(O)ccc12.O=C(O)c1cccc2c(O)cccc12.O=N[O-].O=N[O-].O=Nc1c(O)ccc2c(C(=O)Nc3ccc(-c4ccccc4)cc3)cccc12.[Na+].[Na+]. The first-order chi connectivity index (χ1) is 66.1. The van der Waals surface area contributed by atoms with E-state index in [1.165, 1.54) is 49.6 Å². The zero-order valence-corrected chi connectivity index (χ0v) is 83.8. The van der Waals surface area contributed by atoms with E-state index in [0.29, 0.717) is 60.3 Å². The van der Waals surface area contributed by atoms with Crippen LogP contribution >= 0.6 is 0 Å². The number of carboxylic acid groups (broad SMARTS) is 3. The second kappa shape index (κ2) is 68.8. The number of nitrogens with zero attached hydrogens (tertiary/aromatic N) is 4. The number of aromatic hydroxyl groups is 5. The van der Waals surface area contributed by atoms with E-state index in [1.807, 2.05) is 227 Å². The summed E-state index contributed by atoms with van der Waals surface area (Å²) in [6, 6.07) is 99.5. The number of nitrogens with two attached hydrogens (primary N) is 1. The predicted molar refractivity (Wildman–Crippen MR) is 546 cm³/mol. The maximum atomic E-state index is 12.8. The summed E-state index contributed by atoms with van der Waals surface area (Å²) in [5.74, 6) is -3.95. The van der Waals surface area contributed by atoms with Crippen molar-refractivity contribution < 1.29 is 143 Å². The number of carbonyl (C=O) groups is 7. The number of hydrogen-bond donors (Lipinski definition) is 11. The average molecular weight is 1910 g/mol. The Bertz CT molecular complexity index is 6510. The molecule has 16 aromatic carbocycles. The second-order valence-corrected chi connectivity index (χ2v) is 26.2. The largest absolute Gasteiger partial charge is 1.00 e. The van der Waals surface area contributed by atoms with Crippen LogP contribution in [0.5, 0.6) is 28.7 Å². The molecule has 0 radical (unpaired) electrons. The Morgan fingerprint density at radius 2 is 0.554 bits per heavy atom. The maximum Gasteiger partial charge on any atom is 1.00 e. The van der Waals surface area contributed by atoms with Gasteiger partial charge in [0, 0.05) is 58.2 Å². The molecular formula is C107H109N7Na2O23. The van der Waals surface area contributed by atoms with Crippen molar-refractivity contribution >= 4 is 124 Å². The minimum Gasteiger partial charge on any atom is -0.508 e. The second-order valence-electron chi connectivity index (χ2n) is 26.2. The number of aliphatic carboxylic acids is 2. The molecule has 0 aliphatic heterocycles. The number of amides is 2. The summed E-state index contributed by atoms with van der Waals surface area (Å²) in [6.45, 7) is 22.2. The van der Waals surface area contributed by atoms with Crippen molar-refractivity contribution in [2.24, 2.45) is 21.0 Å². The molecule has 16 aromatic rings. The zero-order valence-electron chi connectivity index (χ0n) is 79.8. The molecule has 0 aliphatic rings. The number of carboxylic acids is 3. The molecule has 139 heavy (non-hydrogen) atoms. The first kappa shape index (κ1) is 123. The summed E-state index contributed by atoms with van der Waals surface area (Å²) >= 11 is 0. The summed E-state index contributed by atoms with van der Waals surface area (Å²) in [6.07, 6.45) is 0. The van der Waals surface area contributed by atoms with Gasteiger partial charge in [-0.05, 0) is 215 Å². The maximum absolute atomic E-state index is 12.8. The van der Waals surface area contributed by atoms with Gasteiger partial charge in [-0.1, -0.05) is 269 Å². The molecule has 0 aromatic heterocycles. The molecule has 32 heteroatoms. The topological polar surface area (TPSA) is 514 Å². The number of rotatable bonds is 12. The Hall–Kier alpha value is -16.1. The van der Waals surface area contributed by atoms with Crippen LogP contribution in [0.2, 0.25) is 0 Å². The third-order valence-electron chi connectivity index (χ3n) is 17.9. The van der Waals surface area contributed by atoms with Gasteiger partial charge >= 0.3 is 77.0 Å². The molecule has 16 rings (SSSR count). The first-order valence-electron chi connectivity index (χ1n) is 42.5. The predicted octanol–water partition coefficient (Wildman–Crippen LogP) is 21.4. The van der Waals surface area contributed by atoms with Gasteiger partial charge < -0.3 is 86.9 Å². The third-order valence-corrected chi connectivity index (χ3v) is 17.9. The average Bonchev–Trinajstić information content (AvgIpc) is 0.785. The van der Waals surface area contributed by atoms with Gasteiger partial charge in [-0.2, -0.15) is 0 Å². The number of nitrogen functional groups attached to an aromatic ring is 1. The van der Waals surface area contributed by atoms with E-state index < -0.39 is 23.9 Å². The molecular weight excluding hydrogens is 1800 g/mol. The molecule has 0 saturated carbocycles. The number of anilines is 3.